The number of imidazole rings is 5. The minimum absolute atomic E-state index is 0.484. The summed E-state index contributed by atoms with van der Waals surface area (Å²) >= 11 is 1.75. The van der Waals surface area contributed by atoms with Crippen LogP contribution in [0.2, 0.25) is 0 Å². The fourth-order valence-corrected chi connectivity index (χ4v) is 18.7. The van der Waals surface area contributed by atoms with Gasteiger partial charge in [-0.2, -0.15) is 4.57 Å². The average molecular weight is 1440 g/mol. The number of para-hydroxylation sites is 1. The molecule has 0 saturated heterocycles. The van der Waals surface area contributed by atoms with Gasteiger partial charge in [0.15, 0.2) is 33.5 Å². The van der Waals surface area contributed by atoms with Crippen LogP contribution in [-0.4, -0.2) is 86.4 Å². The molecule has 0 fully saturated rings. The van der Waals surface area contributed by atoms with E-state index < -0.39 is 6.98 Å². The Hall–Kier alpha value is -13.8. The third-order valence-corrected chi connectivity index (χ3v) is 23.2. The second-order valence-electron chi connectivity index (χ2n) is 27.8. The number of hydrogen-bond acceptors (Lipinski definition) is 12. The Morgan fingerprint density at radius 2 is 0.713 bits per heavy atom. The summed E-state index contributed by atoms with van der Waals surface area (Å²) in [5, 5.41) is 5.50. The topological polar surface area (TPSA) is 201 Å². The van der Waals surface area contributed by atoms with E-state index in [1.807, 2.05) is 135 Å². The first-order valence-electron chi connectivity index (χ1n) is 37.1. The molecule has 24 nitrogen and oxygen atoms in total. The Morgan fingerprint density at radius 3 is 1.22 bits per heavy atom. The quantitative estimate of drug-likeness (QED) is 0.142. The molecule has 0 N–H and O–H groups in total. The van der Waals surface area contributed by atoms with E-state index in [9.17, 15) is 0 Å². The molecule has 5 aliphatic rings. The third kappa shape index (κ3) is 8.51. The number of rotatable bonds is 1. The Bertz CT molecular complexity index is 7380. The summed E-state index contributed by atoms with van der Waals surface area (Å²) in [6, 6.07) is 51.3. The van der Waals surface area contributed by atoms with Crippen LogP contribution in [0.3, 0.4) is 0 Å². The number of benzene rings is 1. The van der Waals surface area contributed by atoms with Crippen LogP contribution in [0.15, 0.2) is 218 Å². The fourth-order valence-electron chi connectivity index (χ4n) is 17.6. The van der Waals surface area contributed by atoms with Crippen LogP contribution >= 0.6 is 11.3 Å². The van der Waals surface area contributed by atoms with Crippen molar-refractivity contribution in [2.75, 3.05) is 0 Å². The van der Waals surface area contributed by atoms with Crippen molar-refractivity contribution in [2.45, 2.75) is 32.7 Å². The molecule has 20 aromatic heterocycles. The van der Waals surface area contributed by atoms with Crippen LogP contribution in [0, 0.1) is 0 Å². The monoisotopic (exact) mass is 1440 g/mol. The van der Waals surface area contributed by atoms with Gasteiger partial charge in [0.1, 0.15) is 40.7 Å². The molecule has 0 bridgehead atoms. The SMILES string of the molecule is C[n+]1c2n(c3c4cccnc4n(-c4ccccc4)c31)Cc1cccnc1-2.C[n+]1c2n(c3c4cccnc4oc31)Cc1cccnc1-2.C[n+]1c2n(c3c4cccnc4sc31)Cc1cccnc1-2.Cn1c2ncccc2c2c1[n+](C)c1n2Cc2cccnc2-1.[2H]C([2H])([2H])n1c2ncccc2c2c1[n+](C)c1n2Cc2cccnc2-1. The standard InChI is InChI=1S/C21H16N5.2C16H14N5.C15H11N4O.C15H11N4S/c1-24-20-17-14(7-5-11-22-17)13-25(20)18-16-10-6-12-23-19(16)26(21(18)24)15-8-3-2-4-9-15;2*1-19-14-11(6-4-8-18-14)13-16(19)20(2)15-12-10(9-21(13)15)5-3-7-17-12;2*1-18-14-11-9(4-2-6-16-11)8-19(14)12-10-5-3-7-17-13(10)20-15(12)18/h2-12H,13H2,1H3;2*3-8H,9H2,1-2H3;2*2-7H,8H2,1H3/q5*+1/i;1D3;;;. The lowest BCUT2D eigenvalue weighted by Gasteiger charge is -2.02. The minimum Gasteiger partial charge on any atom is -0.400 e. The molecular weight excluding hydrogens is 1370 g/mol. The molecule has 520 valence electrons. The van der Waals surface area contributed by atoms with E-state index in [0.29, 0.717) is 23.6 Å². The van der Waals surface area contributed by atoms with Crippen molar-refractivity contribution >= 4 is 121 Å². The van der Waals surface area contributed by atoms with E-state index >= 15 is 0 Å². The molecule has 0 radical (unpaired) electrons. The van der Waals surface area contributed by atoms with Crippen LogP contribution < -0.4 is 22.8 Å². The zero-order chi connectivity index (χ0) is 74.6. The Kier molecular flexibility index (Phi) is 12.5. The summed E-state index contributed by atoms with van der Waals surface area (Å²) in [5.74, 6) is 5.56. The first-order valence-corrected chi connectivity index (χ1v) is 36.5. The third-order valence-electron chi connectivity index (χ3n) is 22.0. The van der Waals surface area contributed by atoms with Gasteiger partial charge in [-0.3, -0.25) is 0 Å². The van der Waals surface area contributed by atoms with Gasteiger partial charge in [0.25, 0.3) is 34.4 Å². The van der Waals surface area contributed by atoms with Gasteiger partial charge in [0.2, 0.25) is 33.0 Å². The second-order valence-corrected chi connectivity index (χ2v) is 28.8. The molecule has 26 rings (SSSR count). The van der Waals surface area contributed by atoms with Crippen molar-refractivity contribution in [3.8, 4) is 63.3 Å². The molecule has 21 aromatic rings. The van der Waals surface area contributed by atoms with Crippen LogP contribution in [0.25, 0.3) is 173 Å². The Balaban J connectivity index is 0.0000000856. The lowest BCUT2D eigenvalue weighted by molar-refractivity contribution is -0.640. The first kappa shape index (κ1) is 58.6. The molecular formula is C83H66N23OS+5. The van der Waals surface area contributed by atoms with Crippen LogP contribution in [0.4, 0.5) is 0 Å². The van der Waals surface area contributed by atoms with E-state index in [-0.39, 0.29) is 0 Å². The van der Waals surface area contributed by atoms with Crippen molar-refractivity contribution in [3.05, 3.63) is 241 Å². The van der Waals surface area contributed by atoms with Crippen molar-refractivity contribution in [1.82, 2.24) is 86.4 Å². The molecule has 0 unspecified atom stereocenters. The number of furan rings is 1. The number of aryl methyl sites for hydroxylation is 7. The predicted octanol–water partition coefficient (Wildman–Crippen LogP) is 11.3. The van der Waals surface area contributed by atoms with Gasteiger partial charge in [-0.05, 0) is 103 Å². The molecule has 1 aromatic carbocycles. The highest BCUT2D eigenvalue weighted by Gasteiger charge is 2.42. The summed E-state index contributed by atoms with van der Waals surface area (Å²) in [6.45, 7) is 1.84. The van der Waals surface area contributed by atoms with E-state index in [0.717, 1.165) is 133 Å². The van der Waals surface area contributed by atoms with Crippen molar-refractivity contribution in [1.29, 1.82) is 0 Å². The maximum Gasteiger partial charge on any atom is 0.340 e. The summed E-state index contributed by atoms with van der Waals surface area (Å²) < 4.78 is 57.8. The van der Waals surface area contributed by atoms with Crippen LogP contribution in [0.5, 0.6) is 0 Å². The van der Waals surface area contributed by atoms with Gasteiger partial charge in [-0.25, -0.2) is 105 Å². The van der Waals surface area contributed by atoms with Gasteiger partial charge in [0, 0.05) is 89.8 Å². The summed E-state index contributed by atoms with van der Waals surface area (Å²) in [6.07, 6.45) is 18.2. The highest BCUT2D eigenvalue weighted by atomic mass is 32.1. The lowest BCUT2D eigenvalue weighted by Crippen LogP contribution is -2.31. The van der Waals surface area contributed by atoms with Crippen molar-refractivity contribution in [3.63, 3.8) is 0 Å². The van der Waals surface area contributed by atoms with Gasteiger partial charge in [-0.1, -0.05) is 59.9 Å². The molecule has 25 heterocycles. The predicted molar refractivity (Wildman–Crippen MR) is 411 cm³/mol. The van der Waals surface area contributed by atoms with E-state index in [1.165, 1.54) is 81.7 Å². The highest BCUT2D eigenvalue weighted by Crippen LogP contribution is 2.43. The highest BCUT2D eigenvalue weighted by molar-refractivity contribution is 7.24. The molecule has 25 heteroatoms. The number of nitrogens with zero attached hydrogens (tertiary/aromatic N) is 23. The van der Waals surface area contributed by atoms with E-state index in [2.05, 4.69) is 202 Å². The Labute approximate surface area is 622 Å². The largest absolute Gasteiger partial charge is 0.400 e. The lowest BCUT2D eigenvalue weighted by atomic mass is 10.2. The summed E-state index contributed by atoms with van der Waals surface area (Å²) in [7, 11) is 12.3. The second kappa shape index (κ2) is 23.1. The van der Waals surface area contributed by atoms with E-state index in [4.69, 9.17) is 13.5 Å². The average Bonchev–Trinajstić information content (AvgIpc) is 1.60. The van der Waals surface area contributed by atoms with Crippen LogP contribution in [0.1, 0.15) is 31.9 Å². The smallest absolute Gasteiger partial charge is 0.340 e. The fraction of sp³-hybridized carbons (Fsp3) is 0.145. The Morgan fingerprint density at radius 1 is 0.343 bits per heavy atom. The van der Waals surface area contributed by atoms with Gasteiger partial charge < -0.3 is 4.42 Å². The zero-order valence-electron chi connectivity index (χ0n) is 62.3. The molecule has 0 saturated carbocycles. The zero-order valence-corrected chi connectivity index (χ0v) is 60.2. The summed E-state index contributed by atoms with van der Waals surface area (Å²) in [5.41, 5.74) is 25.3. The van der Waals surface area contributed by atoms with Gasteiger partial charge in [0.05, 0.1) is 99.9 Å². The number of hydrogen-bond donors (Lipinski definition) is 0. The number of pyridine rings is 10. The number of aromatic nitrogens is 23. The molecule has 0 atom stereocenters. The van der Waals surface area contributed by atoms with Gasteiger partial charge in [-0.15, -0.1) is 0 Å². The van der Waals surface area contributed by atoms with Gasteiger partial charge >= 0.3 is 17.4 Å². The maximum atomic E-state index is 7.97. The van der Waals surface area contributed by atoms with Crippen molar-refractivity contribution in [2.24, 2.45) is 49.3 Å². The molecule has 5 aliphatic heterocycles. The molecule has 0 aliphatic carbocycles. The maximum absolute atomic E-state index is 7.97. The van der Waals surface area contributed by atoms with Crippen molar-refractivity contribution < 1.29 is 31.4 Å². The number of fused-ring (bicyclic) bond motifs is 35. The summed E-state index contributed by atoms with van der Waals surface area (Å²) in [4.78, 5) is 47.5. The molecule has 0 spiro atoms. The minimum atomic E-state index is -2.30. The van der Waals surface area contributed by atoms with E-state index in [1.54, 1.807) is 29.9 Å². The number of thiophene rings is 1. The van der Waals surface area contributed by atoms with Crippen LogP contribution in [-0.2, 0) is 82.0 Å². The molecule has 0 amide bonds. The molecule has 108 heavy (non-hydrogen) atoms. The normalized spacial score (nSPS) is 13.5. The first-order chi connectivity index (χ1) is 54.3.